The number of hydrogen-bond acceptors (Lipinski definition) is 5. The summed E-state index contributed by atoms with van der Waals surface area (Å²) < 4.78 is 5.63. The van der Waals surface area contributed by atoms with Gasteiger partial charge in [0.25, 0.3) is 0 Å². The van der Waals surface area contributed by atoms with Gasteiger partial charge in [0, 0.05) is 32.1 Å². The van der Waals surface area contributed by atoms with Crippen molar-refractivity contribution in [1.29, 1.82) is 0 Å². The largest absolute Gasteiger partial charge is 0.339 e. The molecule has 118 valence electrons. The molecule has 1 aromatic rings. The zero-order valence-corrected chi connectivity index (χ0v) is 13.2. The lowest BCUT2D eigenvalue weighted by atomic mass is 10.0. The quantitative estimate of drug-likeness (QED) is 0.865. The Bertz CT molecular complexity index is 420. The van der Waals surface area contributed by atoms with E-state index >= 15 is 0 Å². The van der Waals surface area contributed by atoms with Crippen LogP contribution in [0.4, 0.5) is 0 Å². The number of nitrogens with zero attached hydrogens (tertiary/aromatic N) is 3. The SMILES string of the molecule is CCC(c1noc(C2CCCCCC2)n1)N1CCNCC1. The van der Waals surface area contributed by atoms with Crippen LogP contribution in [0.1, 0.15) is 75.5 Å². The molecule has 0 amide bonds. The monoisotopic (exact) mass is 292 g/mol. The Kier molecular flexibility index (Phi) is 5.25. The van der Waals surface area contributed by atoms with Gasteiger partial charge in [0.1, 0.15) is 0 Å². The number of rotatable bonds is 4. The fourth-order valence-corrected chi connectivity index (χ4v) is 3.67. The van der Waals surface area contributed by atoms with Gasteiger partial charge in [-0.25, -0.2) is 0 Å². The molecule has 1 N–H and O–H groups in total. The van der Waals surface area contributed by atoms with Gasteiger partial charge < -0.3 is 9.84 Å². The molecule has 3 rings (SSSR count). The van der Waals surface area contributed by atoms with Gasteiger partial charge in [-0.1, -0.05) is 37.8 Å². The number of nitrogens with one attached hydrogen (secondary N) is 1. The normalized spacial score (nSPS) is 23.9. The van der Waals surface area contributed by atoms with Crippen molar-refractivity contribution in [3.05, 3.63) is 11.7 Å². The van der Waals surface area contributed by atoms with Gasteiger partial charge in [-0.3, -0.25) is 4.90 Å². The van der Waals surface area contributed by atoms with Crippen LogP contribution in [0.25, 0.3) is 0 Å². The average Bonchev–Trinajstić information content (AvgIpc) is 2.84. The van der Waals surface area contributed by atoms with Gasteiger partial charge in [-0.15, -0.1) is 0 Å². The van der Waals surface area contributed by atoms with Crippen molar-refractivity contribution < 1.29 is 4.52 Å². The molecule has 2 fully saturated rings. The molecule has 0 bridgehead atoms. The summed E-state index contributed by atoms with van der Waals surface area (Å²) in [5.41, 5.74) is 0. The summed E-state index contributed by atoms with van der Waals surface area (Å²) in [7, 11) is 0. The first kappa shape index (κ1) is 15.0. The first-order chi connectivity index (χ1) is 10.4. The van der Waals surface area contributed by atoms with E-state index in [0.717, 1.165) is 44.3 Å². The molecule has 1 aromatic heterocycles. The minimum absolute atomic E-state index is 0.315. The molecule has 2 aliphatic rings. The molecule has 1 saturated carbocycles. The van der Waals surface area contributed by atoms with Crippen LogP contribution in [0.3, 0.4) is 0 Å². The Balaban J connectivity index is 1.69. The molecular weight excluding hydrogens is 264 g/mol. The van der Waals surface area contributed by atoms with E-state index in [1.807, 2.05) is 0 Å². The van der Waals surface area contributed by atoms with Gasteiger partial charge in [0.05, 0.1) is 6.04 Å². The highest BCUT2D eigenvalue weighted by atomic mass is 16.5. The molecule has 0 radical (unpaired) electrons. The van der Waals surface area contributed by atoms with E-state index in [4.69, 9.17) is 9.51 Å². The van der Waals surface area contributed by atoms with Crippen LogP contribution in [0.15, 0.2) is 4.52 Å². The summed E-state index contributed by atoms with van der Waals surface area (Å²) in [5.74, 6) is 2.29. The van der Waals surface area contributed by atoms with Crippen molar-refractivity contribution in [2.45, 2.75) is 63.8 Å². The third kappa shape index (κ3) is 3.64. The summed E-state index contributed by atoms with van der Waals surface area (Å²) in [5, 5.41) is 7.72. The Morgan fingerprint density at radius 3 is 2.57 bits per heavy atom. The molecular formula is C16H28N4O. The second-order valence-corrected chi connectivity index (χ2v) is 6.39. The number of piperazine rings is 1. The highest BCUT2D eigenvalue weighted by molar-refractivity contribution is 5.00. The van der Waals surface area contributed by atoms with Crippen LogP contribution in [0, 0.1) is 0 Å². The molecule has 0 aromatic carbocycles. The van der Waals surface area contributed by atoms with Gasteiger partial charge in [0.2, 0.25) is 5.89 Å². The van der Waals surface area contributed by atoms with E-state index in [1.54, 1.807) is 0 Å². The maximum atomic E-state index is 5.63. The minimum atomic E-state index is 0.315. The molecule has 1 atom stereocenters. The highest BCUT2D eigenvalue weighted by Crippen LogP contribution is 2.32. The molecule has 21 heavy (non-hydrogen) atoms. The zero-order valence-electron chi connectivity index (χ0n) is 13.2. The topological polar surface area (TPSA) is 54.2 Å². The second-order valence-electron chi connectivity index (χ2n) is 6.39. The lowest BCUT2D eigenvalue weighted by Gasteiger charge is -2.32. The van der Waals surface area contributed by atoms with Crippen molar-refractivity contribution >= 4 is 0 Å². The van der Waals surface area contributed by atoms with Crippen LogP contribution in [0.2, 0.25) is 0 Å². The Morgan fingerprint density at radius 1 is 1.19 bits per heavy atom. The van der Waals surface area contributed by atoms with E-state index in [0.29, 0.717) is 12.0 Å². The fraction of sp³-hybridized carbons (Fsp3) is 0.875. The van der Waals surface area contributed by atoms with Crippen molar-refractivity contribution in [3.8, 4) is 0 Å². The Hall–Kier alpha value is -0.940. The highest BCUT2D eigenvalue weighted by Gasteiger charge is 2.27. The van der Waals surface area contributed by atoms with Crippen molar-refractivity contribution in [3.63, 3.8) is 0 Å². The van der Waals surface area contributed by atoms with E-state index in [9.17, 15) is 0 Å². The van der Waals surface area contributed by atoms with Crippen molar-refractivity contribution in [1.82, 2.24) is 20.4 Å². The van der Waals surface area contributed by atoms with Gasteiger partial charge in [-0.2, -0.15) is 4.98 Å². The summed E-state index contributed by atoms with van der Waals surface area (Å²) in [6.45, 7) is 6.49. The van der Waals surface area contributed by atoms with E-state index < -0.39 is 0 Å². The predicted molar refractivity (Wildman–Crippen MR) is 82.2 cm³/mol. The third-order valence-electron chi connectivity index (χ3n) is 4.94. The van der Waals surface area contributed by atoms with Crippen molar-refractivity contribution in [2.75, 3.05) is 26.2 Å². The minimum Gasteiger partial charge on any atom is -0.339 e. The number of hydrogen-bond donors (Lipinski definition) is 1. The average molecular weight is 292 g/mol. The predicted octanol–water partition coefficient (Wildman–Crippen LogP) is 2.86. The van der Waals surface area contributed by atoms with Crippen LogP contribution >= 0.6 is 0 Å². The standard InChI is InChI=1S/C16H28N4O/c1-2-14(20-11-9-17-10-12-20)15-18-16(21-19-15)13-7-5-3-4-6-8-13/h13-14,17H,2-12H2,1H3. The summed E-state index contributed by atoms with van der Waals surface area (Å²) in [6, 6.07) is 0.315. The van der Waals surface area contributed by atoms with Gasteiger partial charge >= 0.3 is 0 Å². The zero-order chi connectivity index (χ0) is 14.5. The van der Waals surface area contributed by atoms with Crippen LogP contribution in [-0.4, -0.2) is 41.2 Å². The molecule has 1 aliphatic heterocycles. The van der Waals surface area contributed by atoms with Crippen LogP contribution in [-0.2, 0) is 0 Å². The van der Waals surface area contributed by atoms with Crippen LogP contribution < -0.4 is 5.32 Å². The van der Waals surface area contributed by atoms with Crippen molar-refractivity contribution in [2.24, 2.45) is 0 Å². The number of aromatic nitrogens is 2. The third-order valence-corrected chi connectivity index (χ3v) is 4.94. The lowest BCUT2D eigenvalue weighted by molar-refractivity contribution is 0.160. The molecule has 1 unspecified atom stereocenters. The Labute approximate surface area is 127 Å². The van der Waals surface area contributed by atoms with Gasteiger partial charge in [0.15, 0.2) is 5.82 Å². The smallest absolute Gasteiger partial charge is 0.229 e. The molecule has 5 nitrogen and oxygen atoms in total. The Morgan fingerprint density at radius 2 is 1.90 bits per heavy atom. The second kappa shape index (κ2) is 7.36. The first-order valence-corrected chi connectivity index (χ1v) is 8.66. The molecule has 1 saturated heterocycles. The van der Waals surface area contributed by atoms with Crippen LogP contribution in [0.5, 0.6) is 0 Å². The fourth-order valence-electron chi connectivity index (χ4n) is 3.67. The van der Waals surface area contributed by atoms with E-state index in [-0.39, 0.29) is 0 Å². The maximum absolute atomic E-state index is 5.63. The first-order valence-electron chi connectivity index (χ1n) is 8.66. The lowest BCUT2D eigenvalue weighted by Crippen LogP contribution is -2.45. The molecule has 5 heteroatoms. The molecule has 2 heterocycles. The van der Waals surface area contributed by atoms with E-state index in [1.165, 1.54) is 38.5 Å². The van der Waals surface area contributed by atoms with E-state index in [2.05, 4.69) is 22.3 Å². The summed E-state index contributed by atoms with van der Waals surface area (Å²) >= 11 is 0. The molecule has 1 aliphatic carbocycles. The maximum Gasteiger partial charge on any atom is 0.229 e. The molecule has 0 spiro atoms. The summed E-state index contributed by atoms with van der Waals surface area (Å²) in [6.07, 6.45) is 8.79. The summed E-state index contributed by atoms with van der Waals surface area (Å²) in [4.78, 5) is 7.27. The van der Waals surface area contributed by atoms with Gasteiger partial charge in [-0.05, 0) is 19.3 Å².